The molecule has 3 aliphatic heterocycles. The number of hydrogen-bond acceptors (Lipinski definition) is 6. The highest BCUT2D eigenvalue weighted by Gasteiger charge is 2.45. The number of benzene rings is 1. The summed E-state index contributed by atoms with van der Waals surface area (Å²) in [5, 5.41) is 16.0. The van der Waals surface area contributed by atoms with Gasteiger partial charge in [-0.2, -0.15) is 0 Å². The standard InChI is InChI=1S/C27H34ClN3O4/c1-17(18-5-9-34-10-6-18)26(33)30-25-13-20-11-22(23(28)12-21(20)14-29-25)19-3-7-31(8-4-19)27(2)16-35-15-24(27)32/h11-14,18-19,24,32H,1,3-10,15-16H2,2H3,(H,29,30,33). The van der Waals surface area contributed by atoms with Crippen molar-refractivity contribution in [3.05, 3.63) is 47.1 Å². The number of halogens is 1. The summed E-state index contributed by atoms with van der Waals surface area (Å²) >= 11 is 6.71. The van der Waals surface area contributed by atoms with Gasteiger partial charge in [-0.15, -0.1) is 0 Å². The van der Waals surface area contributed by atoms with E-state index in [1.54, 1.807) is 6.20 Å². The van der Waals surface area contributed by atoms with E-state index in [0.717, 1.165) is 60.1 Å². The molecule has 7 nitrogen and oxygen atoms in total. The monoisotopic (exact) mass is 499 g/mol. The van der Waals surface area contributed by atoms with Crippen molar-refractivity contribution in [3.8, 4) is 0 Å². The minimum absolute atomic E-state index is 0.152. The van der Waals surface area contributed by atoms with Crippen LogP contribution in [-0.2, 0) is 14.3 Å². The van der Waals surface area contributed by atoms with Gasteiger partial charge in [0.05, 0.1) is 24.9 Å². The fourth-order valence-electron chi connectivity index (χ4n) is 5.65. The number of carbonyl (C=O) groups excluding carboxylic acids is 1. The molecule has 3 aliphatic rings. The first-order chi connectivity index (χ1) is 16.8. The van der Waals surface area contributed by atoms with Gasteiger partial charge in [-0.05, 0) is 86.7 Å². The van der Waals surface area contributed by atoms with E-state index in [1.807, 2.05) is 12.1 Å². The maximum Gasteiger partial charge on any atom is 0.252 e. The zero-order valence-corrected chi connectivity index (χ0v) is 21.0. The number of anilines is 1. The Morgan fingerprint density at radius 1 is 1.17 bits per heavy atom. The molecule has 0 aliphatic carbocycles. The molecule has 0 spiro atoms. The van der Waals surface area contributed by atoms with Gasteiger partial charge in [0.2, 0.25) is 0 Å². The first-order valence-corrected chi connectivity index (χ1v) is 12.9. The zero-order chi connectivity index (χ0) is 24.6. The first kappa shape index (κ1) is 24.7. The smallest absolute Gasteiger partial charge is 0.252 e. The highest BCUT2D eigenvalue weighted by atomic mass is 35.5. The number of pyridine rings is 1. The van der Waals surface area contributed by atoms with Crippen LogP contribution in [0.25, 0.3) is 10.8 Å². The average Bonchev–Trinajstić information content (AvgIpc) is 3.23. The van der Waals surface area contributed by atoms with E-state index in [0.29, 0.717) is 43.7 Å². The van der Waals surface area contributed by atoms with Crippen molar-refractivity contribution in [2.75, 3.05) is 44.8 Å². The number of likely N-dealkylation sites (tertiary alicyclic amines) is 1. The molecule has 0 radical (unpaired) electrons. The highest BCUT2D eigenvalue weighted by molar-refractivity contribution is 6.32. The molecule has 8 heteroatoms. The number of piperidine rings is 1. The molecule has 5 rings (SSSR count). The second-order valence-electron chi connectivity index (χ2n) is 10.3. The molecule has 0 saturated carbocycles. The molecule has 1 aromatic carbocycles. The molecule has 3 saturated heterocycles. The summed E-state index contributed by atoms with van der Waals surface area (Å²) in [4.78, 5) is 19.5. The summed E-state index contributed by atoms with van der Waals surface area (Å²) in [5.74, 6) is 0.823. The lowest BCUT2D eigenvalue weighted by molar-refractivity contribution is -0.113. The van der Waals surface area contributed by atoms with Gasteiger partial charge < -0.3 is 19.9 Å². The van der Waals surface area contributed by atoms with Crippen LogP contribution in [0.1, 0.15) is 44.1 Å². The summed E-state index contributed by atoms with van der Waals surface area (Å²) < 4.78 is 10.9. The quantitative estimate of drug-likeness (QED) is 0.601. The lowest BCUT2D eigenvalue weighted by atomic mass is 9.85. The molecule has 188 valence electrons. The van der Waals surface area contributed by atoms with Crippen molar-refractivity contribution in [3.63, 3.8) is 0 Å². The van der Waals surface area contributed by atoms with Crippen LogP contribution in [0, 0.1) is 5.92 Å². The molecule has 35 heavy (non-hydrogen) atoms. The van der Waals surface area contributed by atoms with Gasteiger partial charge in [0.1, 0.15) is 5.82 Å². The summed E-state index contributed by atoms with van der Waals surface area (Å²) in [6.07, 6.45) is 4.88. The van der Waals surface area contributed by atoms with E-state index in [1.165, 1.54) is 0 Å². The topological polar surface area (TPSA) is 83.9 Å². The molecule has 2 aromatic rings. The molecular weight excluding hydrogens is 466 g/mol. The maximum absolute atomic E-state index is 12.8. The minimum Gasteiger partial charge on any atom is -0.389 e. The molecule has 0 bridgehead atoms. The first-order valence-electron chi connectivity index (χ1n) is 12.5. The average molecular weight is 500 g/mol. The van der Waals surface area contributed by atoms with Crippen LogP contribution in [0.2, 0.25) is 5.02 Å². The molecule has 1 amide bonds. The van der Waals surface area contributed by atoms with E-state index in [-0.39, 0.29) is 17.4 Å². The maximum atomic E-state index is 12.8. The molecular formula is C27H34ClN3O4. The number of amides is 1. The van der Waals surface area contributed by atoms with Gasteiger partial charge in [0, 0.05) is 35.4 Å². The number of ether oxygens (including phenoxy) is 2. The Kier molecular flexibility index (Phi) is 7.15. The normalized spacial score (nSPS) is 26.8. The molecule has 4 heterocycles. The third kappa shape index (κ3) is 4.98. The number of aliphatic hydroxyl groups excluding tert-OH is 1. The van der Waals surface area contributed by atoms with Crippen LogP contribution in [0.5, 0.6) is 0 Å². The Bertz CT molecular complexity index is 1110. The Morgan fingerprint density at radius 2 is 1.91 bits per heavy atom. The van der Waals surface area contributed by atoms with E-state index in [4.69, 9.17) is 21.1 Å². The summed E-state index contributed by atoms with van der Waals surface area (Å²) in [6, 6.07) is 6.01. The van der Waals surface area contributed by atoms with Crippen molar-refractivity contribution in [1.29, 1.82) is 0 Å². The Balaban J connectivity index is 1.29. The fraction of sp³-hybridized carbons (Fsp3) is 0.556. The number of rotatable bonds is 5. The van der Waals surface area contributed by atoms with Crippen LogP contribution in [0.15, 0.2) is 36.5 Å². The Labute approximate surface area is 211 Å². The van der Waals surface area contributed by atoms with Gasteiger partial charge in [-0.25, -0.2) is 4.98 Å². The van der Waals surface area contributed by atoms with Crippen molar-refractivity contribution >= 4 is 34.1 Å². The van der Waals surface area contributed by atoms with Crippen LogP contribution in [0.4, 0.5) is 5.82 Å². The highest BCUT2D eigenvalue weighted by Crippen LogP contribution is 2.38. The molecule has 3 fully saturated rings. The number of fused-ring (bicyclic) bond motifs is 1. The van der Waals surface area contributed by atoms with E-state index < -0.39 is 6.10 Å². The van der Waals surface area contributed by atoms with Gasteiger partial charge in [0.25, 0.3) is 5.91 Å². The van der Waals surface area contributed by atoms with Crippen molar-refractivity contribution in [1.82, 2.24) is 9.88 Å². The van der Waals surface area contributed by atoms with E-state index >= 15 is 0 Å². The number of aliphatic hydroxyl groups is 1. The van der Waals surface area contributed by atoms with Crippen LogP contribution < -0.4 is 5.32 Å². The van der Waals surface area contributed by atoms with Gasteiger partial charge in [-0.3, -0.25) is 9.69 Å². The predicted octanol–water partition coefficient (Wildman–Crippen LogP) is 4.14. The molecule has 2 unspecified atom stereocenters. The number of nitrogens with zero attached hydrogens (tertiary/aromatic N) is 2. The van der Waals surface area contributed by atoms with Crippen LogP contribution >= 0.6 is 11.6 Å². The summed E-state index contributed by atoms with van der Waals surface area (Å²) in [5.41, 5.74) is 1.40. The predicted molar refractivity (Wildman–Crippen MR) is 137 cm³/mol. The SMILES string of the molecule is C=C(C(=O)Nc1cc2cc(C3CCN(C4(C)COCC4O)CC3)c(Cl)cc2cn1)C1CCOCC1. The lowest BCUT2D eigenvalue weighted by Gasteiger charge is -2.43. The van der Waals surface area contributed by atoms with Crippen molar-refractivity contribution in [2.45, 2.75) is 50.2 Å². The van der Waals surface area contributed by atoms with Crippen LogP contribution in [0.3, 0.4) is 0 Å². The second kappa shape index (κ2) is 10.1. The van der Waals surface area contributed by atoms with Gasteiger partial charge in [0.15, 0.2) is 0 Å². The number of hydrogen-bond donors (Lipinski definition) is 2. The Morgan fingerprint density at radius 3 is 2.60 bits per heavy atom. The molecule has 2 N–H and O–H groups in total. The minimum atomic E-state index is -0.452. The van der Waals surface area contributed by atoms with Crippen LogP contribution in [-0.4, -0.2) is 72.1 Å². The van der Waals surface area contributed by atoms with Gasteiger partial charge >= 0.3 is 0 Å². The number of carbonyl (C=O) groups is 1. The zero-order valence-electron chi connectivity index (χ0n) is 20.3. The lowest BCUT2D eigenvalue weighted by Crippen LogP contribution is -2.56. The molecule has 1 aromatic heterocycles. The third-order valence-corrected chi connectivity index (χ3v) is 8.46. The number of nitrogens with one attached hydrogen (secondary N) is 1. The van der Waals surface area contributed by atoms with E-state index in [9.17, 15) is 9.90 Å². The largest absolute Gasteiger partial charge is 0.389 e. The summed E-state index contributed by atoms with van der Waals surface area (Å²) in [6.45, 7) is 10.2. The second-order valence-corrected chi connectivity index (χ2v) is 10.7. The van der Waals surface area contributed by atoms with E-state index in [2.05, 4.69) is 34.8 Å². The van der Waals surface area contributed by atoms with Crippen molar-refractivity contribution in [2.24, 2.45) is 5.92 Å². The van der Waals surface area contributed by atoms with Gasteiger partial charge in [-0.1, -0.05) is 18.2 Å². The van der Waals surface area contributed by atoms with Crippen molar-refractivity contribution < 1.29 is 19.4 Å². The fourth-order valence-corrected chi connectivity index (χ4v) is 5.98. The third-order valence-electron chi connectivity index (χ3n) is 8.13. The Hall–Kier alpha value is -2.03. The number of aromatic nitrogens is 1. The summed E-state index contributed by atoms with van der Waals surface area (Å²) in [7, 11) is 0. The molecule has 2 atom stereocenters.